The van der Waals surface area contributed by atoms with E-state index in [1.54, 1.807) is 0 Å². The second-order valence-corrected chi connectivity index (χ2v) is 3.33. The number of carbonyl (C=O) groups is 1. The van der Waals surface area contributed by atoms with Crippen molar-refractivity contribution in [2.24, 2.45) is 5.73 Å². The van der Waals surface area contributed by atoms with Gasteiger partial charge in [-0.15, -0.1) is 0 Å². The van der Waals surface area contributed by atoms with Crippen LogP contribution in [-0.4, -0.2) is 19.1 Å². The number of carbonyl (C=O) groups excluding carboxylic acids is 1. The molecular formula is C10H21NO2. The molecule has 78 valence electrons. The van der Waals surface area contributed by atoms with Crippen molar-refractivity contribution in [1.29, 1.82) is 0 Å². The Labute approximate surface area is 80.6 Å². The van der Waals surface area contributed by atoms with E-state index in [4.69, 9.17) is 5.73 Å². The van der Waals surface area contributed by atoms with Crippen LogP contribution in [0.15, 0.2) is 0 Å². The maximum atomic E-state index is 10.9. The van der Waals surface area contributed by atoms with Crippen LogP contribution in [0.4, 0.5) is 0 Å². The summed E-state index contributed by atoms with van der Waals surface area (Å²) in [5.41, 5.74) is 5.57. The third-order valence-corrected chi connectivity index (χ3v) is 2.12. The first-order valence-electron chi connectivity index (χ1n) is 5.05. The standard InChI is InChI=1S/C10H21NO2/c1-3-4-5-6-7-8-9(11)10(12)13-2/h9H,3-8,11H2,1-2H3. The van der Waals surface area contributed by atoms with E-state index >= 15 is 0 Å². The summed E-state index contributed by atoms with van der Waals surface area (Å²) in [7, 11) is 1.37. The molecular weight excluding hydrogens is 166 g/mol. The minimum Gasteiger partial charge on any atom is -0.468 e. The zero-order valence-electron chi connectivity index (χ0n) is 8.71. The molecule has 3 heteroatoms. The summed E-state index contributed by atoms with van der Waals surface area (Å²) < 4.78 is 4.53. The van der Waals surface area contributed by atoms with E-state index in [1.807, 2.05) is 0 Å². The smallest absolute Gasteiger partial charge is 0.322 e. The first-order valence-corrected chi connectivity index (χ1v) is 5.05. The minimum absolute atomic E-state index is 0.296. The van der Waals surface area contributed by atoms with Gasteiger partial charge in [0.25, 0.3) is 0 Å². The number of unbranched alkanes of at least 4 members (excludes halogenated alkanes) is 4. The van der Waals surface area contributed by atoms with Crippen LogP contribution in [0, 0.1) is 0 Å². The van der Waals surface area contributed by atoms with Gasteiger partial charge < -0.3 is 10.5 Å². The van der Waals surface area contributed by atoms with Gasteiger partial charge in [0.2, 0.25) is 0 Å². The van der Waals surface area contributed by atoms with E-state index < -0.39 is 6.04 Å². The third-order valence-electron chi connectivity index (χ3n) is 2.12. The van der Waals surface area contributed by atoms with Gasteiger partial charge in [-0.25, -0.2) is 0 Å². The van der Waals surface area contributed by atoms with Crippen LogP contribution < -0.4 is 5.73 Å². The molecule has 0 rings (SSSR count). The average molecular weight is 187 g/mol. The van der Waals surface area contributed by atoms with Crippen molar-refractivity contribution in [3.05, 3.63) is 0 Å². The van der Waals surface area contributed by atoms with Crippen molar-refractivity contribution in [2.45, 2.75) is 51.5 Å². The lowest BCUT2D eigenvalue weighted by molar-refractivity contribution is -0.142. The molecule has 0 aromatic rings. The second kappa shape index (κ2) is 8.05. The Morgan fingerprint density at radius 2 is 1.92 bits per heavy atom. The van der Waals surface area contributed by atoms with Crippen molar-refractivity contribution >= 4 is 5.97 Å². The van der Waals surface area contributed by atoms with Gasteiger partial charge in [0.15, 0.2) is 0 Å². The summed E-state index contributed by atoms with van der Waals surface area (Å²) >= 11 is 0. The summed E-state index contributed by atoms with van der Waals surface area (Å²) in [6.45, 7) is 2.18. The highest BCUT2D eigenvalue weighted by Crippen LogP contribution is 2.06. The molecule has 0 aromatic heterocycles. The maximum Gasteiger partial charge on any atom is 0.322 e. The topological polar surface area (TPSA) is 52.3 Å². The molecule has 0 heterocycles. The van der Waals surface area contributed by atoms with Gasteiger partial charge >= 0.3 is 5.97 Å². The first-order chi connectivity index (χ1) is 6.22. The molecule has 0 saturated heterocycles. The molecule has 13 heavy (non-hydrogen) atoms. The largest absolute Gasteiger partial charge is 0.468 e. The molecule has 0 bridgehead atoms. The highest BCUT2D eigenvalue weighted by Gasteiger charge is 2.11. The third kappa shape index (κ3) is 6.58. The van der Waals surface area contributed by atoms with Gasteiger partial charge in [-0.3, -0.25) is 4.79 Å². The molecule has 0 fully saturated rings. The van der Waals surface area contributed by atoms with E-state index in [0.29, 0.717) is 0 Å². The highest BCUT2D eigenvalue weighted by atomic mass is 16.5. The quantitative estimate of drug-likeness (QED) is 0.489. The Hall–Kier alpha value is -0.570. The van der Waals surface area contributed by atoms with Crippen LogP contribution in [-0.2, 0) is 9.53 Å². The van der Waals surface area contributed by atoms with Crippen LogP contribution in [0.3, 0.4) is 0 Å². The Morgan fingerprint density at radius 1 is 1.31 bits per heavy atom. The predicted molar refractivity (Wildman–Crippen MR) is 53.4 cm³/mol. The molecule has 0 saturated carbocycles. The Bertz CT molecular complexity index is 137. The summed E-state index contributed by atoms with van der Waals surface area (Å²) in [6, 6.07) is -0.424. The molecule has 0 aromatic carbocycles. The van der Waals surface area contributed by atoms with Crippen LogP contribution in [0.2, 0.25) is 0 Å². The van der Waals surface area contributed by atoms with Gasteiger partial charge in [-0.1, -0.05) is 39.0 Å². The van der Waals surface area contributed by atoms with Gasteiger partial charge in [-0.2, -0.15) is 0 Å². The van der Waals surface area contributed by atoms with Crippen LogP contribution in [0.25, 0.3) is 0 Å². The monoisotopic (exact) mass is 187 g/mol. The van der Waals surface area contributed by atoms with Crippen LogP contribution in [0.5, 0.6) is 0 Å². The normalized spacial score (nSPS) is 12.5. The first kappa shape index (κ1) is 12.4. The summed E-state index contributed by atoms with van der Waals surface area (Å²) in [5.74, 6) is -0.296. The zero-order valence-corrected chi connectivity index (χ0v) is 8.71. The van der Waals surface area contributed by atoms with E-state index in [-0.39, 0.29) is 5.97 Å². The zero-order chi connectivity index (χ0) is 10.1. The number of hydrogen-bond donors (Lipinski definition) is 1. The molecule has 1 unspecified atom stereocenters. The average Bonchev–Trinajstić information content (AvgIpc) is 2.16. The molecule has 3 nitrogen and oxygen atoms in total. The Kier molecular flexibility index (Phi) is 7.69. The number of nitrogens with two attached hydrogens (primary N) is 1. The Balaban J connectivity index is 3.26. The lowest BCUT2D eigenvalue weighted by atomic mass is 10.1. The fourth-order valence-electron chi connectivity index (χ4n) is 1.24. The van der Waals surface area contributed by atoms with Crippen molar-refractivity contribution in [1.82, 2.24) is 0 Å². The number of hydrogen-bond acceptors (Lipinski definition) is 3. The second-order valence-electron chi connectivity index (χ2n) is 3.33. The van der Waals surface area contributed by atoms with Gasteiger partial charge in [0.1, 0.15) is 6.04 Å². The fraction of sp³-hybridized carbons (Fsp3) is 0.900. The lowest BCUT2D eigenvalue weighted by Gasteiger charge is -2.08. The van der Waals surface area contributed by atoms with Crippen molar-refractivity contribution in [2.75, 3.05) is 7.11 Å². The lowest BCUT2D eigenvalue weighted by Crippen LogP contribution is -2.31. The number of ether oxygens (including phenoxy) is 1. The van der Waals surface area contributed by atoms with Gasteiger partial charge in [0.05, 0.1) is 7.11 Å². The number of methoxy groups -OCH3 is 1. The molecule has 1 atom stereocenters. The van der Waals surface area contributed by atoms with Crippen LogP contribution in [0.1, 0.15) is 45.4 Å². The highest BCUT2D eigenvalue weighted by molar-refractivity contribution is 5.75. The van der Waals surface area contributed by atoms with Crippen molar-refractivity contribution < 1.29 is 9.53 Å². The minimum atomic E-state index is -0.424. The van der Waals surface area contributed by atoms with E-state index in [9.17, 15) is 4.79 Å². The molecule has 0 aliphatic rings. The molecule has 0 spiro atoms. The van der Waals surface area contributed by atoms with Crippen molar-refractivity contribution in [3.8, 4) is 0 Å². The van der Waals surface area contributed by atoms with Gasteiger partial charge in [-0.05, 0) is 6.42 Å². The number of rotatable bonds is 7. The molecule has 0 amide bonds. The van der Waals surface area contributed by atoms with Gasteiger partial charge in [0, 0.05) is 0 Å². The molecule has 2 N–H and O–H groups in total. The summed E-state index contributed by atoms with van der Waals surface area (Å²) in [6.07, 6.45) is 6.69. The Morgan fingerprint density at radius 3 is 2.46 bits per heavy atom. The van der Waals surface area contributed by atoms with Crippen LogP contribution >= 0.6 is 0 Å². The summed E-state index contributed by atoms with van der Waals surface area (Å²) in [5, 5.41) is 0. The SMILES string of the molecule is CCCCCCCC(N)C(=O)OC. The predicted octanol–water partition coefficient (Wildman–Crippen LogP) is 1.85. The molecule has 0 radical (unpaired) electrons. The van der Waals surface area contributed by atoms with E-state index in [0.717, 1.165) is 12.8 Å². The molecule has 0 aliphatic carbocycles. The summed E-state index contributed by atoms with van der Waals surface area (Å²) in [4.78, 5) is 10.9. The maximum absolute atomic E-state index is 10.9. The fourth-order valence-corrected chi connectivity index (χ4v) is 1.24. The van der Waals surface area contributed by atoms with E-state index in [1.165, 1.54) is 32.8 Å². The van der Waals surface area contributed by atoms with E-state index in [2.05, 4.69) is 11.7 Å². The van der Waals surface area contributed by atoms with Crippen molar-refractivity contribution in [3.63, 3.8) is 0 Å². The number of esters is 1. The molecule has 0 aliphatic heterocycles.